The van der Waals surface area contributed by atoms with Crippen LogP contribution in [-0.4, -0.2) is 50.9 Å². The molecule has 0 aromatic heterocycles. The van der Waals surface area contributed by atoms with Gasteiger partial charge >= 0.3 is 0 Å². The molecule has 0 unspecified atom stereocenters. The number of hydrogen-bond acceptors (Lipinski definition) is 6. The molecule has 1 aromatic rings. The van der Waals surface area contributed by atoms with E-state index in [4.69, 9.17) is 9.47 Å². The van der Waals surface area contributed by atoms with Gasteiger partial charge in [0.05, 0.1) is 18.6 Å². The van der Waals surface area contributed by atoms with Crippen molar-refractivity contribution in [3.05, 3.63) is 23.8 Å². The number of hydrogen-bond donors (Lipinski definition) is 1. The topological polar surface area (TPSA) is 98.8 Å². The predicted octanol–water partition coefficient (Wildman–Crippen LogP) is 0.968. The molecule has 1 aromatic carbocycles. The maximum Gasteiger partial charge on any atom is 0.261 e. The van der Waals surface area contributed by atoms with Crippen LogP contribution < -0.4 is 14.8 Å². The van der Waals surface area contributed by atoms with Crippen molar-refractivity contribution >= 4 is 21.5 Å². The molecule has 8 heteroatoms. The van der Waals surface area contributed by atoms with Crippen LogP contribution in [0.3, 0.4) is 0 Å². The number of sulfone groups is 1. The lowest BCUT2D eigenvalue weighted by atomic mass is 10.1. The molecule has 0 bridgehead atoms. The molecule has 132 valence electrons. The van der Waals surface area contributed by atoms with E-state index in [1.807, 2.05) is 0 Å². The molecule has 1 fully saturated rings. The van der Waals surface area contributed by atoms with E-state index in [9.17, 15) is 18.0 Å². The van der Waals surface area contributed by atoms with Crippen molar-refractivity contribution in [2.75, 3.05) is 18.6 Å². The predicted molar refractivity (Wildman–Crippen MR) is 88.3 cm³/mol. The van der Waals surface area contributed by atoms with Crippen molar-refractivity contribution in [3.63, 3.8) is 0 Å². The Morgan fingerprint density at radius 3 is 2.54 bits per heavy atom. The Hall–Kier alpha value is -2.09. The first-order chi connectivity index (χ1) is 11.2. The molecule has 2 atom stereocenters. The molecule has 7 nitrogen and oxygen atoms in total. The van der Waals surface area contributed by atoms with Crippen LogP contribution in [0.15, 0.2) is 18.2 Å². The number of carbonyl (C=O) groups excluding carboxylic acids is 2. The number of amides is 1. The van der Waals surface area contributed by atoms with Crippen LogP contribution >= 0.6 is 0 Å². The second-order valence-electron chi connectivity index (χ2n) is 5.79. The monoisotopic (exact) mass is 355 g/mol. The number of ether oxygens (including phenoxy) is 2. The average molecular weight is 355 g/mol. The zero-order valence-electron chi connectivity index (χ0n) is 13.9. The van der Waals surface area contributed by atoms with Crippen LogP contribution in [0.25, 0.3) is 0 Å². The highest BCUT2D eigenvalue weighted by Gasteiger charge is 2.30. The molecular weight excluding hydrogens is 334 g/mol. The Kier molecular flexibility index (Phi) is 5.48. The van der Waals surface area contributed by atoms with Gasteiger partial charge in [-0.15, -0.1) is 0 Å². The third-order valence-corrected chi connectivity index (χ3v) is 5.59. The van der Waals surface area contributed by atoms with Crippen LogP contribution in [0.1, 0.15) is 30.6 Å². The molecule has 1 amide bonds. The fourth-order valence-electron chi connectivity index (χ4n) is 2.46. The van der Waals surface area contributed by atoms with E-state index < -0.39 is 21.8 Å². The van der Waals surface area contributed by atoms with Gasteiger partial charge in [-0.25, -0.2) is 8.42 Å². The first-order valence-electron chi connectivity index (χ1n) is 7.58. The third kappa shape index (κ3) is 4.47. The zero-order chi connectivity index (χ0) is 17.9. The van der Waals surface area contributed by atoms with Crippen molar-refractivity contribution in [1.82, 2.24) is 5.32 Å². The van der Waals surface area contributed by atoms with Gasteiger partial charge in [-0.05, 0) is 38.5 Å². The van der Waals surface area contributed by atoms with Crippen LogP contribution in [0.2, 0.25) is 0 Å². The number of carbonyl (C=O) groups is 2. The smallest absolute Gasteiger partial charge is 0.261 e. The molecule has 0 spiro atoms. The van der Waals surface area contributed by atoms with E-state index in [1.54, 1.807) is 25.1 Å². The van der Waals surface area contributed by atoms with Gasteiger partial charge in [-0.3, -0.25) is 9.59 Å². The number of benzene rings is 1. The van der Waals surface area contributed by atoms with Crippen LogP contribution in [0.5, 0.6) is 11.5 Å². The van der Waals surface area contributed by atoms with E-state index in [0.29, 0.717) is 23.5 Å². The van der Waals surface area contributed by atoms with E-state index in [2.05, 4.69) is 5.32 Å². The Balaban J connectivity index is 2.02. The number of rotatable bonds is 6. The summed E-state index contributed by atoms with van der Waals surface area (Å²) in [6.45, 7) is 3.01. The summed E-state index contributed by atoms with van der Waals surface area (Å²) in [5.74, 6) is 0.244. The summed E-state index contributed by atoms with van der Waals surface area (Å²) < 4.78 is 33.6. The van der Waals surface area contributed by atoms with Crippen LogP contribution in [0.4, 0.5) is 0 Å². The summed E-state index contributed by atoms with van der Waals surface area (Å²) in [6.07, 6.45) is -0.414. The lowest BCUT2D eigenvalue weighted by Gasteiger charge is -2.19. The maximum atomic E-state index is 12.2. The Bertz CT molecular complexity index is 743. The van der Waals surface area contributed by atoms with Crippen molar-refractivity contribution in [3.8, 4) is 11.5 Å². The largest absolute Gasteiger partial charge is 0.493 e. The number of Topliss-reactive ketones (excluding diaryl/α,β-unsaturated/α-hetero) is 1. The maximum absolute atomic E-state index is 12.2. The number of nitrogens with one attached hydrogen (secondary N) is 1. The lowest BCUT2D eigenvalue weighted by molar-refractivity contribution is -0.127. The summed E-state index contributed by atoms with van der Waals surface area (Å²) in [5.41, 5.74) is 0.479. The van der Waals surface area contributed by atoms with Gasteiger partial charge < -0.3 is 14.8 Å². The van der Waals surface area contributed by atoms with Crippen molar-refractivity contribution in [2.45, 2.75) is 32.4 Å². The highest BCUT2D eigenvalue weighted by Crippen LogP contribution is 2.29. The fourth-order valence-corrected chi connectivity index (χ4v) is 4.13. The van der Waals surface area contributed by atoms with Gasteiger partial charge in [0.1, 0.15) is 0 Å². The SMILES string of the molecule is COc1cc(C(C)=O)ccc1O[C@@H](C)C(=O)N[C@@H]1CCS(=O)(=O)C1. The normalized spacial score (nSPS) is 20.2. The van der Waals surface area contributed by atoms with E-state index in [1.165, 1.54) is 14.0 Å². The summed E-state index contributed by atoms with van der Waals surface area (Å²) in [6, 6.07) is 4.33. The molecular formula is C16H21NO6S. The molecule has 0 aliphatic carbocycles. The standard InChI is InChI=1S/C16H21NO6S/c1-10(18)12-4-5-14(15(8-12)22-3)23-11(2)16(19)17-13-6-7-24(20,21)9-13/h4-5,8,11,13H,6-7,9H2,1-3H3,(H,17,19)/t11-,13+/m0/s1. The Morgan fingerprint density at radius 2 is 2.00 bits per heavy atom. The van der Waals surface area contributed by atoms with Crippen LogP contribution in [-0.2, 0) is 14.6 Å². The molecule has 0 radical (unpaired) electrons. The third-order valence-electron chi connectivity index (χ3n) is 3.82. The molecule has 1 heterocycles. The van der Waals surface area contributed by atoms with Gasteiger partial charge in [-0.1, -0.05) is 0 Å². The van der Waals surface area contributed by atoms with Crippen molar-refractivity contribution in [2.24, 2.45) is 0 Å². The first kappa shape index (κ1) is 18.3. The van der Waals surface area contributed by atoms with Gasteiger partial charge in [0.15, 0.2) is 33.2 Å². The van der Waals surface area contributed by atoms with Gasteiger partial charge in [-0.2, -0.15) is 0 Å². The summed E-state index contributed by atoms with van der Waals surface area (Å²) in [7, 11) is -1.61. The van der Waals surface area contributed by atoms with Crippen molar-refractivity contribution in [1.29, 1.82) is 0 Å². The average Bonchev–Trinajstić information content (AvgIpc) is 2.86. The number of ketones is 1. The molecule has 0 saturated carbocycles. The van der Waals surface area contributed by atoms with E-state index >= 15 is 0 Å². The second kappa shape index (κ2) is 7.21. The molecule has 1 N–H and O–H groups in total. The minimum Gasteiger partial charge on any atom is -0.493 e. The first-order valence-corrected chi connectivity index (χ1v) is 9.40. The highest BCUT2D eigenvalue weighted by atomic mass is 32.2. The van der Waals surface area contributed by atoms with E-state index in [-0.39, 0.29) is 23.3 Å². The molecule has 1 saturated heterocycles. The fraction of sp³-hybridized carbons (Fsp3) is 0.500. The minimum atomic E-state index is -3.06. The molecule has 1 aliphatic heterocycles. The minimum absolute atomic E-state index is 0.0396. The molecule has 1 aliphatic rings. The quantitative estimate of drug-likeness (QED) is 0.764. The van der Waals surface area contributed by atoms with Crippen molar-refractivity contribution < 1.29 is 27.5 Å². The van der Waals surface area contributed by atoms with Crippen LogP contribution in [0, 0.1) is 0 Å². The second-order valence-corrected chi connectivity index (χ2v) is 8.02. The van der Waals surface area contributed by atoms with E-state index in [0.717, 1.165) is 0 Å². The lowest BCUT2D eigenvalue weighted by Crippen LogP contribution is -2.43. The highest BCUT2D eigenvalue weighted by molar-refractivity contribution is 7.91. The van der Waals surface area contributed by atoms with Gasteiger partial charge in [0, 0.05) is 11.6 Å². The molecule has 24 heavy (non-hydrogen) atoms. The zero-order valence-corrected chi connectivity index (χ0v) is 14.7. The molecule has 2 rings (SSSR count). The summed E-state index contributed by atoms with van der Waals surface area (Å²) in [5, 5.41) is 2.68. The summed E-state index contributed by atoms with van der Waals surface area (Å²) in [4.78, 5) is 23.6. The van der Waals surface area contributed by atoms with Gasteiger partial charge in [0.2, 0.25) is 0 Å². The van der Waals surface area contributed by atoms with Gasteiger partial charge in [0.25, 0.3) is 5.91 Å². The Labute approximate surface area is 141 Å². The Morgan fingerprint density at radius 1 is 1.29 bits per heavy atom. The number of methoxy groups -OCH3 is 1. The summed E-state index contributed by atoms with van der Waals surface area (Å²) >= 11 is 0.